The van der Waals surface area contributed by atoms with Gasteiger partial charge in [-0.05, 0) is 6.42 Å². The van der Waals surface area contributed by atoms with Crippen LogP contribution in [0.5, 0.6) is 0 Å². The molecule has 0 radical (unpaired) electrons. The van der Waals surface area contributed by atoms with Gasteiger partial charge in [-0.2, -0.15) is 0 Å². The van der Waals surface area contributed by atoms with Gasteiger partial charge in [0.25, 0.3) is 0 Å². The van der Waals surface area contributed by atoms with Crippen LogP contribution in [0.25, 0.3) is 0 Å². The second-order valence-corrected chi connectivity index (χ2v) is 5.55. The molecule has 0 aliphatic carbocycles. The van der Waals surface area contributed by atoms with Crippen molar-refractivity contribution in [3.63, 3.8) is 0 Å². The number of carbonyl (C=O) groups is 1. The predicted octanol–water partition coefficient (Wildman–Crippen LogP) is -1.35. The summed E-state index contributed by atoms with van der Waals surface area (Å²) in [6.07, 6.45) is 0.523. The van der Waals surface area contributed by atoms with Gasteiger partial charge in [0.2, 0.25) is 15.9 Å². The zero-order valence-corrected chi connectivity index (χ0v) is 9.40. The quantitative estimate of drug-likeness (QED) is 0.630. The van der Waals surface area contributed by atoms with Crippen molar-refractivity contribution >= 4 is 15.9 Å². The highest BCUT2D eigenvalue weighted by molar-refractivity contribution is 7.89. The van der Waals surface area contributed by atoms with E-state index >= 15 is 0 Å². The molecule has 1 saturated heterocycles. The van der Waals surface area contributed by atoms with Crippen molar-refractivity contribution in [3.05, 3.63) is 0 Å². The molecule has 0 saturated carbocycles. The number of sulfonamides is 1. The highest BCUT2D eigenvalue weighted by atomic mass is 32.2. The summed E-state index contributed by atoms with van der Waals surface area (Å²) in [6.45, 7) is 1.77. The molecule has 1 fully saturated rings. The fourth-order valence-corrected chi connectivity index (χ4v) is 2.46. The Labute approximate surface area is 89.1 Å². The molecular formula is C8H16N2O4S. The summed E-state index contributed by atoms with van der Waals surface area (Å²) in [6, 6.07) is -0.302. The molecule has 2 atom stereocenters. The molecule has 1 aliphatic rings. The van der Waals surface area contributed by atoms with Gasteiger partial charge in [-0.25, -0.2) is 13.6 Å². The van der Waals surface area contributed by atoms with E-state index in [2.05, 4.69) is 0 Å². The molecular weight excluding hydrogens is 220 g/mol. The van der Waals surface area contributed by atoms with Crippen LogP contribution in [-0.4, -0.2) is 48.8 Å². The molecule has 7 heteroatoms. The molecule has 88 valence electrons. The third-order valence-corrected chi connectivity index (χ3v) is 3.96. The van der Waals surface area contributed by atoms with Crippen molar-refractivity contribution < 1.29 is 18.3 Å². The maximum absolute atomic E-state index is 11.5. The lowest BCUT2D eigenvalue weighted by atomic mass is 10.2. The number of amides is 1. The van der Waals surface area contributed by atoms with E-state index in [1.165, 1.54) is 4.90 Å². The Balaban J connectivity index is 2.77. The van der Waals surface area contributed by atoms with Crippen molar-refractivity contribution in [2.45, 2.75) is 31.1 Å². The van der Waals surface area contributed by atoms with Gasteiger partial charge in [-0.3, -0.25) is 4.79 Å². The first-order valence-corrected chi connectivity index (χ1v) is 6.43. The molecule has 1 heterocycles. The molecule has 0 spiro atoms. The minimum Gasteiger partial charge on any atom is -0.394 e. The summed E-state index contributed by atoms with van der Waals surface area (Å²) in [4.78, 5) is 12.9. The summed E-state index contributed by atoms with van der Waals surface area (Å²) in [5.74, 6) is -0.255. The van der Waals surface area contributed by atoms with Gasteiger partial charge >= 0.3 is 0 Å². The van der Waals surface area contributed by atoms with Crippen LogP contribution < -0.4 is 5.14 Å². The van der Waals surface area contributed by atoms with Gasteiger partial charge in [0, 0.05) is 13.0 Å². The highest BCUT2D eigenvalue weighted by Gasteiger charge is 2.38. The van der Waals surface area contributed by atoms with E-state index in [0.29, 0.717) is 6.42 Å². The summed E-state index contributed by atoms with van der Waals surface area (Å²) >= 11 is 0. The monoisotopic (exact) mass is 236 g/mol. The molecule has 1 aliphatic heterocycles. The number of nitrogens with zero attached hydrogens (tertiary/aromatic N) is 1. The molecule has 0 aromatic carbocycles. The first-order valence-electron chi connectivity index (χ1n) is 4.82. The van der Waals surface area contributed by atoms with E-state index in [4.69, 9.17) is 10.2 Å². The van der Waals surface area contributed by atoms with Crippen LogP contribution in [0.3, 0.4) is 0 Å². The van der Waals surface area contributed by atoms with E-state index in [9.17, 15) is 13.2 Å². The Morgan fingerprint density at radius 3 is 2.60 bits per heavy atom. The van der Waals surface area contributed by atoms with Gasteiger partial charge in [0.05, 0.1) is 12.6 Å². The maximum atomic E-state index is 11.5. The number of carbonyl (C=O) groups excluding carboxylic acids is 1. The lowest BCUT2D eigenvalue weighted by molar-refractivity contribution is -0.130. The number of aliphatic hydroxyl groups excluding tert-OH is 1. The lowest BCUT2D eigenvalue weighted by Gasteiger charge is -2.25. The van der Waals surface area contributed by atoms with Crippen molar-refractivity contribution in [1.29, 1.82) is 0 Å². The minimum absolute atomic E-state index is 0.0741. The second kappa shape index (κ2) is 4.46. The van der Waals surface area contributed by atoms with Crippen LogP contribution in [0.4, 0.5) is 0 Å². The summed E-state index contributed by atoms with van der Waals surface area (Å²) in [5, 5.41) is 13.2. The number of primary sulfonamides is 1. The second-order valence-electron chi connectivity index (χ2n) is 3.71. The molecule has 1 amide bonds. The largest absolute Gasteiger partial charge is 0.394 e. The topological polar surface area (TPSA) is 101 Å². The maximum Gasteiger partial charge on any atom is 0.224 e. The highest BCUT2D eigenvalue weighted by Crippen LogP contribution is 2.20. The molecule has 0 bridgehead atoms. The Kier molecular flexibility index (Phi) is 3.69. The molecule has 0 aromatic rings. The Morgan fingerprint density at radius 2 is 2.27 bits per heavy atom. The van der Waals surface area contributed by atoms with Crippen LogP contribution >= 0.6 is 0 Å². The first-order chi connectivity index (χ1) is 6.90. The normalized spacial score (nSPS) is 24.6. The van der Waals surface area contributed by atoms with Crippen molar-refractivity contribution in [2.24, 2.45) is 5.14 Å². The molecule has 0 aromatic heterocycles. The average Bonchev–Trinajstić information content (AvgIpc) is 2.50. The van der Waals surface area contributed by atoms with E-state index in [1.807, 2.05) is 6.92 Å². The van der Waals surface area contributed by atoms with Crippen LogP contribution in [0.15, 0.2) is 0 Å². The number of nitrogens with two attached hydrogens (primary N) is 1. The third kappa shape index (κ3) is 2.67. The van der Waals surface area contributed by atoms with Gasteiger partial charge in [0.1, 0.15) is 5.25 Å². The van der Waals surface area contributed by atoms with Crippen molar-refractivity contribution in [2.75, 3.05) is 13.2 Å². The van der Waals surface area contributed by atoms with Gasteiger partial charge in [-0.15, -0.1) is 0 Å². The van der Waals surface area contributed by atoms with Gasteiger partial charge in [0.15, 0.2) is 0 Å². The number of likely N-dealkylation sites (tertiary alicyclic amines) is 1. The van der Waals surface area contributed by atoms with Gasteiger partial charge < -0.3 is 10.0 Å². The van der Waals surface area contributed by atoms with Gasteiger partial charge in [-0.1, -0.05) is 6.92 Å². The number of hydrogen-bond acceptors (Lipinski definition) is 4. The van der Waals surface area contributed by atoms with E-state index < -0.39 is 15.3 Å². The van der Waals surface area contributed by atoms with E-state index in [-0.39, 0.29) is 31.5 Å². The SMILES string of the molecule is CC[C@@H](CO)N1CC(S(N)(=O)=O)CC1=O. The summed E-state index contributed by atoms with van der Waals surface area (Å²) in [7, 11) is -3.66. The molecule has 1 unspecified atom stereocenters. The lowest BCUT2D eigenvalue weighted by Crippen LogP contribution is -2.40. The fraction of sp³-hybridized carbons (Fsp3) is 0.875. The Morgan fingerprint density at radius 1 is 1.67 bits per heavy atom. The zero-order chi connectivity index (χ0) is 11.6. The summed E-state index contributed by atoms with van der Waals surface area (Å²) in [5.41, 5.74) is 0. The predicted molar refractivity (Wildman–Crippen MR) is 54.4 cm³/mol. The van der Waals surface area contributed by atoms with Crippen molar-refractivity contribution in [1.82, 2.24) is 4.90 Å². The molecule has 1 rings (SSSR count). The molecule has 3 N–H and O–H groups in total. The fourth-order valence-electron chi connectivity index (χ4n) is 1.72. The van der Waals surface area contributed by atoms with Crippen LogP contribution in [-0.2, 0) is 14.8 Å². The number of aliphatic hydroxyl groups is 1. The van der Waals surface area contributed by atoms with Crippen LogP contribution in [0.2, 0.25) is 0 Å². The van der Waals surface area contributed by atoms with Crippen LogP contribution in [0.1, 0.15) is 19.8 Å². The standard InChI is InChI=1S/C8H16N2O4S/c1-2-6(5-11)10-4-7(3-8(10)12)15(9,13)14/h6-7,11H,2-5H2,1H3,(H2,9,13,14)/t6-,7?/m0/s1. The average molecular weight is 236 g/mol. The smallest absolute Gasteiger partial charge is 0.224 e. The molecule has 15 heavy (non-hydrogen) atoms. The van der Waals surface area contributed by atoms with E-state index in [1.54, 1.807) is 0 Å². The number of hydrogen-bond donors (Lipinski definition) is 2. The van der Waals surface area contributed by atoms with Crippen molar-refractivity contribution in [3.8, 4) is 0 Å². The Hall–Kier alpha value is -0.660. The Bertz CT molecular complexity index is 337. The molecule has 6 nitrogen and oxygen atoms in total. The van der Waals surface area contributed by atoms with Crippen LogP contribution in [0, 0.1) is 0 Å². The first kappa shape index (κ1) is 12.4. The minimum atomic E-state index is -3.66. The van der Waals surface area contributed by atoms with E-state index in [0.717, 1.165) is 0 Å². The number of rotatable bonds is 4. The third-order valence-electron chi connectivity index (χ3n) is 2.71. The summed E-state index contributed by atoms with van der Waals surface area (Å²) < 4.78 is 22.1. The zero-order valence-electron chi connectivity index (χ0n) is 8.59.